The molecule has 1 aliphatic rings. The fourth-order valence-corrected chi connectivity index (χ4v) is 4.63. The molecule has 33 heavy (non-hydrogen) atoms. The summed E-state index contributed by atoms with van der Waals surface area (Å²) in [6.07, 6.45) is 5.67. The van der Waals surface area contributed by atoms with E-state index in [9.17, 15) is 4.79 Å². The predicted molar refractivity (Wildman–Crippen MR) is 129 cm³/mol. The van der Waals surface area contributed by atoms with Crippen molar-refractivity contribution in [3.63, 3.8) is 0 Å². The Hall–Kier alpha value is -3.45. The summed E-state index contributed by atoms with van der Waals surface area (Å²) in [6.45, 7) is 7.04. The molecule has 7 nitrogen and oxygen atoms in total. The first-order chi connectivity index (χ1) is 16.1. The molecule has 2 aromatic heterocycles. The van der Waals surface area contributed by atoms with Crippen molar-refractivity contribution in [3.8, 4) is 11.5 Å². The van der Waals surface area contributed by atoms with Gasteiger partial charge in [-0.1, -0.05) is 42.8 Å². The predicted octanol–water partition coefficient (Wildman–Crippen LogP) is 4.93. The first-order valence-corrected chi connectivity index (χ1v) is 11.6. The van der Waals surface area contributed by atoms with Crippen LogP contribution in [0, 0.1) is 13.8 Å². The number of amides is 1. The Morgan fingerprint density at radius 1 is 1.00 bits per heavy atom. The number of piperidine rings is 1. The quantitative estimate of drug-likeness (QED) is 0.457. The van der Waals surface area contributed by atoms with Crippen molar-refractivity contribution in [1.29, 1.82) is 0 Å². The van der Waals surface area contributed by atoms with Gasteiger partial charge in [0, 0.05) is 22.8 Å². The van der Waals surface area contributed by atoms with Crippen LogP contribution in [0.2, 0.25) is 0 Å². The van der Waals surface area contributed by atoms with Crippen LogP contribution in [0.1, 0.15) is 36.3 Å². The van der Waals surface area contributed by atoms with Crippen LogP contribution in [-0.2, 0) is 17.9 Å². The van der Waals surface area contributed by atoms with E-state index in [1.807, 2.05) is 67.1 Å². The zero-order chi connectivity index (χ0) is 22.8. The highest BCUT2D eigenvalue weighted by Gasteiger charge is 2.19. The van der Waals surface area contributed by atoms with Gasteiger partial charge in [0.05, 0.1) is 12.1 Å². The Labute approximate surface area is 193 Å². The van der Waals surface area contributed by atoms with Gasteiger partial charge in [-0.15, -0.1) is 10.2 Å². The van der Waals surface area contributed by atoms with Crippen LogP contribution >= 0.6 is 0 Å². The van der Waals surface area contributed by atoms with Crippen LogP contribution in [0.25, 0.3) is 22.4 Å². The van der Waals surface area contributed by atoms with E-state index < -0.39 is 0 Å². The van der Waals surface area contributed by atoms with Crippen LogP contribution in [-0.4, -0.2) is 38.7 Å². The van der Waals surface area contributed by atoms with Gasteiger partial charge in [0.25, 0.3) is 0 Å². The highest BCUT2D eigenvalue weighted by Crippen LogP contribution is 2.30. The molecule has 0 saturated carbocycles. The van der Waals surface area contributed by atoms with Crippen LogP contribution in [0.5, 0.6) is 0 Å². The maximum absolute atomic E-state index is 12.9. The summed E-state index contributed by atoms with van der Waals surface area (Å²) in [5.74, 6) is 1.06. The number of hydrogen-bond donors (Lipinski definition) is 1. The molecule has 0 spiro atoms. The Kier molecular flexibility index (Phi) is 5.96. The molecular weight excluding hydrogens is 414 g/mol. The van der Waals surface area contributed by atoms with Gasteiger partial charge in [-0.05, 0) is 57.0 Å². The van der Waals surface area contributed by atoms with Gasteiger partial charge in [0.1, 0.15) is 6.54 Å². The van der Waals surface area contributed by atoms with E-state index in [-0.39, 0.29) is 12.5 Å². The van der Waals surface area contributed by atoms with Gasteiger partial charge in [0.2, 0.25) is 17.7 Å². The Bertz CT molecular complexity index is 1260. The summed E-state index contributed by atoms with van der Waals surface area (Å²) in [7, 11) is 0. The van der Waals surface area contributed by atoms with E-state index >= 15 is 0 Å². The third kappa shape index (κ3) is 4.54. The molecule has 1 saturated heterocycles. The average molecular weight is 444 g/mol. The smallest absolute Gasteiger partial charge is 0.249 e. The molecule has 5 rings (SSSR count). The van der Waals surface area contributed by atoms with Gasteiger partial charge < -0.3 is 14.3 Å². The van der Waals surface area contributed by atoms with Crippen LogP contribution in [0.4, 0.5) is 5.69 Å². The van der Waals surface area contributed by atoms with Crippen LogP contribution in [0.15, 0.2) is 53.1 Å². The minimum absolute atomic E-state index is 0.0731. The number of carbonyl (C=O) groups excluding carboxylic acids is 1. The van der Waals surface area contributed by atoms with E-state index in [4.69, 9.17) is 4.42 Å². The van der Waals surface area contributed by atoms with E-state index in [1.165, 1.54) is 19.3 Å². The van der Waals surface area contributed by atoms with Gasteiger partial charge in [-0.2, -0.15) is 0 Å². The second kappa shape index (κ2) is 9.19. The Balaban J connectivity index is 1.39. The lowest BCUT2D eigenvalue weighted by atomic mass is 10.1. The molecule has 0 aliphatic carbocycles. The number of nitrogens with zero attached hydrogens (tertiary/aromatic N) is 4. The lowest BCUT2D eigenvalue weighted by Crippen LogP contribution is -2.29. The largest absolute Gasteiger partial charge is 0.419 e. The molecule has 170 valence electrons. The molecule has 3 heterocycles. The van der Waals surface area contributed by atoms with Crippen molar-refractivity contribution in [2.75, 3.05) is 18.4 Å². The molecule has 1 N–H and O–H groups in total. The number of aromatic nitrogens is 3. The second-order valence-electron chi connectivity index (χ2n) is 8.84. The summed E-state index contributed by atoms with van der Waals surface area (Å²) in [5.41, 5.74) is 4.78. The maximum atomic E-state index is 12.9. The van der Waals surface area contributed by atoms with E-state index in [0.717, 1.165) is 46.4 Å². The van der Waals surface area contributed by atoms with E-state index in [0.29, 0.717) is 18.3 Å². The van der Waals surface area contributed by atoms with Crippen LogP contribution in [0.3, 0.4) is 0 Å². The van der Waals surface area contributed by atoms with Crippen molar-refractivity contribution in [3.05, 3.63) is 65.7 Å². The normalized spacial score (nSPS) is 14.6. The Morgan fingerprint density at radius 3 is 2.55 bits per heavy atom. The zero-order valence-corrected chi connectivity index (χ0v) is 19.2. The minimum atomic E-state index is -0.0731. The van der Waals surface area contributed by atoms with Gasteiger partial charge >= 0.3 is 0 Å². The highest BCUT2D eigenvalue weighted by molar-refractivity contribution is 5.97. The standard InChI is InChI=1S/C26H29N5O2/c1-18-9-8-10-19(2)25(18)27-23(32)16-31-15-21(20-11-4-5-12-22(20)31)26-29-28-24(33-26)17-30-13-6-3-7-14-30/h4-5,8-12,15H,3,6-7,13-14,16-17H2,1-2H3,(H,27,32). The number of fused-ring (bicyclic) bond motifs is 1. The maximum Gasteiger partial charge on any atom is 0.249 e. The third-order valence-electron chi connectivity index (χ3n) is 6.35. The molecule has 1 aliphatic heterocycles. The number of aryl methyl sites for hydroxylation is 2. The molecule has 1 fully saturated rings. The fraction of sp³-hybridized carbons (Fsp3) is 0.346. The van der Waals surface area contributed by atoms with Gasteiger partial charge in [-0.3, -0.25) is 9.69 Å². The number of rotatable bonds is 6. The summed E-state index contributed by atoms with van der Waals surface area (Å²) < 4.78 is 7.99. The monoisotopic (exact) mass is 443 g/mol. The number of nitrogens with one attached hydrogen (secondary N) is 1. The highest BCUT2D eigenvalue weighted by atomic mass is 16.4. The van der Waals surface area contributed by atoms with Crippen molar-refractivity contribution in [2.24, 2.45) is 0 Å². The van der Waals surface area contributed by atoms with Gasteiger partial charge in [0.15, 0.2) is 0 Å². The SMILES string of the molecule is Cc1cccc(C)c1NC(=O)Cn1cc(-c2nnc(CN3CCCCC3)o2)c2ccccc21. The molecule has 0 unspecified atom stereocenters. The summed E-state index contributed by atoms with van der Waals surface area (Å²) >= 11 is 0. The average Bonchev–Trinajstić information content (AvgIpc) is 3.42. The van der Waals surface area contributed by atoms with Crippen molar-refractivity contribution in [2.45, 2.75) is 46.2 Å². The number of likely N-dealkylation sites (tertiary alicyclic amines) is 1. The van der Waals surface area contributed by atoms with Crippen molar-refractivity contribution in [1.82, 2.24) is 19.7 Å². The number of hydrogen-bond acceptors (Lipinski definition) is 5. The fourth-order valence-electron chi connectivity index (χ4n) is 4.63. The lowest BCUT2D eigenvalue weighted by molar-refractivity contribution is -0.116. The zero-order valence-electron chi connectivity index (χ0n) is 19.2. The third-order valence-corrected chi connectivity index (χ3v) is 6.35. The first kappa shape index (κ1) is 21.4. The molecule has 2 aromatic carbocycles. The minimum Gasteiger partial charge on any atom is -0.419 e. The summed E-state index contributed by atoms with van der Waals surface area (Å²) in [6, 6.07) is 14.0. The number of carbonyl (C=O) groups is 1. The number of para-hydroxylation sites is 2. The molecule has 4 aromatic rings. The van der Waals surface area contributed by atoms with Crippen molar-refractivity contribution >= 4 is 22.5 Å². The van der Waals surface area contributed by atoms with Crippen molar-refractivity contribution < 1.29 is 9.21 Å². The summed E-state index contributed by atoms with van der Waals surface area (Å²) in [5, 5.41) is 12.7. The molecule has 0 bridgehead atoms. The molecule has 7 heteroatoms. The lowest BCUT2D eigenvalue weighted by Gasteiger charge is -2.24. The van der Waals surface area contributed by atoms with Gasteiger partial charge in [-0.25, -0.2) is 0 Å². The second-order valence-corrected chi connectivity index (χ2v) is 8.84. The number of benzene rings is 2. The first-order valence-electron chi connectivity index (χ1n) is 11.6. The van der Waals surface area contributed by atoms with E-state index in [2.05, 4.69) is 20.4 Å². The molecular formula is C26H29N5O2. The summed E-state index contributed by atoms with van der Waals surface area (Å²) in [4.78, 5) is 15.3. The topological polar surface area (TPSA) is 76.2 Å². The van der Waals surface area contributed by atoms with Crippen LogP contribution < -0.4 is 5.32 Å². The molecule has 0 atom stereocenters. The molecule has 0 radical (unpaired) electrons. The Morgan fingerprint density at radius 2 is 1.76 bits per heavy atom. The number of anilines is 1. The van der Waals surface area contributed by atoms with E-state index in [1.54, 1.807) is 0 Å². The molecule has 1 amide bonds.